The molecule has 0 bridgehead atoms. The molecule has 1 N–H and O–H groups in total. The van der Waals surface area contributed by atoms with Crippen molar-refractivity contribution in [3.8, 4) is 5.75 Å². The molecule has 0 aliphatic carbocycles. The molecule has 21 heavy (non-hydrogen) atoms. The van der Waals surface area contributed by atoms with E-state index < -0.39 is 5.97 Å². The second-order valence-electron chi connectivity index (χ2n) is 4.78. The van der Waals surface area contributed by atoms with Crippen molar-refractivity contribution in [2.24, 2.45) is 0 Å². The molecule has 0 unspecified atom stereocenters. The predicted molar refractivity (Wildman–Crippen MR) is 84.3 cm³/mol. The molecule has 0 saturated carbocycles. The van der Waals surface area contributed by atoms with Crippen molar-refractivity contribution in [1.29, 1.82) is 0 Å². The van der Waals surface area contributed by atoms with E-state index in [1.165, 1.54) is 11.3 Å². The van der Waals surface area contributed by atoms with Crippen molar-refractivity contribution in [2.75, 3.05) is 0 Å². The van der Waals surface area contributed by atoms with Gasteiger partial charge in [-0.3, -0.25) is 0 Å². The summed E-state index contributed by atoms with van der Waals surface area (Å²) in [5.41, 5.74) is 1.05. The standard InChI is InChI=1S/C17H14O3S/c1-11-9-15(16(21-11)17(18)19)20-10-13-7-4-6-12-5-2-3-8-14(12)13/h2-9H,10H2,1H3,(H,18,19). The average molecular weight is 298 g/mol. The van der Waals surface area contributed by atoms with Crippen molar-refractivity contribution in [3.05, 3.63) is 63.8 Å². The highest BCUT2D eigenvalue weighted by Gasteiger charge is 2.15. The smallest absolute Gasteiger partial charge is 0.349 e. The summed E-state index contributed by atoms with van der Waals surface area (Å²) < 4.78 is 5.74. The van der Waals surface area contributed by atoms with Crippen LogP contribution in [0.4, 0.5) is 0 Å². The lowest BCUT2D eigenvalue weighted by molar-refractivity contribution is 0.0697. The molecule has 0 fully saturated rings. The lowest BCUT2D eigenvalue weighted by Crippen LogP contribution is -2.00. The van der Waals surface area contributed by atoms with E-state index in [0.717, 1.165) is 21.2 Å². The van der Waals surface area contributed by atoms with Crippen LogP contribution in [0.2, 0.25) is 0 Å². The Labute approximate surface area is 126 Å². The maximum Gasteiger partial charge on any atom is 0.349 e. The third kappa shape index (κ3) is 2.76. The zero-order valence-corrected chi connectivity index (χ0v) is 12.3. The van der Waals surface area contributed by atoms with Crippen LogP contribution in [0.25, 0.3) is 10.8 Å². The van der Waals surface area contributed by atoms with Crippen LogP contribution in [0.5, 0.6) is 5.75 Å². The van der Waals surface area contributed by atoms with Crippen LogP contribution in [0.15, 0.2) is 48.5 Å². The number of ether oxygens (including phenoxy) is 1. The number of carboxylic acids is 1. The van der Waals surface area contributed by atoms with Gasteiger partial charge >= 0.3 is 5.97 Å². The molecule has 0 amide bonds. The molecule has 106 valence electrons. The van der Waals surface area contributed by atoms with E-state index in [9.17, 15) is 9.90 Å². The number of aryl methyl sites for hydroxylation is 1. The molecule has 0 saturated heterocycles. The van der Waals surface area contributed by atoms with Gasteiger partial charge in [0.15, 0.2) is 4.88 Å². The molecule has 3 nitrogen and oxygen atoms in total. The number of aromatic carboxylic acids is 1. The Hall–Kier alpha value is -2.33. The quantitative estimate of drug-likeness (QED) is 0.772. The first-order chi connectivity index (χ1) is 10.1. The fraction of sp³-hybridized carbons (Fsp3) is 0.118. The first kappa shape index (κ1) is 13.6. The molecular weight excluding hydrogens is 284 g/mol. The number of carbonyl (C=O) groups is 1. The zero-order chi connectivity index (χ0) is 14.8. The van der Waals surface area contributed by atoms with Crippen LogP contribution in [0.3, 0.4) is 0 Å². The number of benzene rings is 2. The molecule has 4 heteroatoms. The summed E-state index contributed by atoms with van der Waals surface area (Å²) in [6.07, 6.45) is 0. The Balaban J connectivity index is 1.89. The van der Waals surface area contributed by atoms with Crippen molar-refractivity contribution in [2.45, 2.75) is 13.5 Å². The van der Waals surface area contributed by atoms with Crippen LogP contribution < -0.4 is 4.74 Å². The minimum absolute atomic E-state index is 0.257. The van der Waals surface area contributed by atoms with E-state index in [4.69, 9.17) is 4.74 Å². The zero-order valence-electron chi connectivity index (χ0n) is 11.5. The van der Waals surface area contributed by atoms with Gasteiger partial charge in [0.05, 0.1) is 0 Å². The van der Waals surface area contributed by atoms with Gasteiger partial charge in [-0.1, -0.05) is 42.5 Å². The molecule has 3 rings (SSSR count). The van der Waals surface area contributed by atoms with Gasteiger partial charge in [-0.05, 0) is 29.3 Å². The van der Waals surface area contributed by atoms with Crippen LogP contribution in [0, 0.1) is 6.92 Å². The Morgan fingerprint density at radius 1 is 1.19 bits per heavy atom. The predicted octanol–water partition coefficient (Wildman–Crippen LogP) is 4.49. The first-order valence-corrected chi connectivity index (χ1v) is 7.40. The maximum absolute atomic E-state index is 11.2. The Morgan fingerprint density at radius 3 is 2.76 bits per heavy atom. The molecular formula is C17H14O3S. The summed E-state index contributed by atoms with van der Waals surface area (Å²) in [6.45, 7) is 2.24. The minimum atomic E-state index is -0.944. The molecule has 0 atom stereocenters. The van der Waals surface area contributed by atoms with Crippen molar-refractivity contribution < 1.29 is 14.6 Å². The average Bonchev–Trinajstić information content (AvgIpc) is 2.86. The van der Waals surface area contributed by atoms with Gasteiger partial charge in [0.2, 0.25) is 0 Å². The molecule has 2 aromatic carbocycles. The second-order valence-corrected chi connectivity index (χ2v) is 6.04. The lowest BCUT2D eigenvalue weighted by Gasteiger charge is -2.08. The number of hydrogen-bond acceptors (Lipinski definition) is 3. The van der Waals surface area contributed by atoms with Gasteiger partial charge in [-0.2, -0.15) is 0 Å². The van der Waals surface area contributed by atoms with Crippen LogP contribution in [-0.2, 0) is 6.61 Å². The summed E-state index contributed by atoms with van der Waals surface area (Å²) in [6, 6.07) is 15.9. The summed E-state index contributed by atoms with van der Waals surface area (Å²) in [7, 11) is 0. The number of hydrogen-bond donors (Lipinski definition) is 1. The van der Waals surface area contributed by atoms with Gasteiger partial charge in [-0.15, -0.1) is 11.3 Å². The van der Waals surface area contributed by atoms with E-state index >= 15 is 0 Å². The Morgan fingerprint density at radius 2 is 1.95 bits per heavy atom. The largest absolute Gasteiger partial charge is 0.487 e. The fourth-order valence-corrected chi connectivity index (χ4v) is 3.11. The highest BCUT2D eigenvalue weighted by Crippen LogP contribution is 2.30. The summed E-state index contributed by atoms with van der Waals surface area (Å²) >= 11 is 1.24. The highest BCUT2D eigenvalue weighted by molar-refractivity contribution is 7.14. The van der Waals surface area contributed by atoms with Gasteiger partial charge in [0.1, 0.15) is 12.4 Å². The number of fused-ring (bicyclic) bond motifs is 1. The minimum Gasteiger partial charge on any atom is -0.487 e. The van der Waals surface area contributed by atoms with E-state index in [2.05, 4.69) is 12.1 Å². The molecule has 0 spiro atoms. The topological polar surface area (TPSA) is 46.5 Å². The van der Waals surface area contributed by atoms with Gasteiger partial charge in [0.25, 0.3) is 0 Å². The van der Waals surface area contributed by atoms with Gasteiger partial charge in [0, 0.05) is 4.88 Å². The molecule has 1 heterocycles. The molecule has 3 aromatic rings. The maximum atomic E-state index is 11.2. The molecule has 0 aliphatic rings. The van der Waals surface area contributed by atoms with Gasteiger partial charge in [-0.25, -0.2) is 4.79 Å². The van der Waals surface area contributed by atoms with Crippen LogP contribution >= 0.6 is 11.3 Å². The van der Waals surface area contributed by atoms with Gasteiger partial charge < -0.3 is 9.84 Å². The second kappa shape index (κ2) is 5.58. The monoisotopic (exact) mass is 298 g/mol. The first-order valence-electron chi connectivity index (χ1n) is 6.58. The highest BCUT2D eigenvalue weighted by atomic mass is 32.1. The fourth-order valence-electron chi connectivity index (χ4n) is 2.32. The molecule has 1 aromatic heterocycles. The Bertz CT molecular complexity index is 799. The summed E-state index contributed by atoms with van der Waals surface area (Å²) in [5.74, 6) is -0.501. The Kier molecular flexibility index (Phi) is 3.62. The van der Waals surface area contributed by atoms with Crippen LogP contribution in [-0.4, -0.2) is 11.1 Å². The number of thiophene rings is 1. The summed E-state index contributed by atoms with van der Waals surface area (Å²) in [4.78, 5) is 12.4. The van der Waals surface area contributed by atoms with Crippen molar-refractivity contribution in [1.82, 2.24) is 0 Å². The van der Waals surface area contributed by atoms with E-state index in [0.29, 0.717) is 12.4 Å². The normalized spacial score (nSPS) is 10.7. The molecule has 0 radical (unpaired) electrons. The SMILES string of the molecule is Cc1cc(OCc2cccc3ccccc23)c(C(=O)O)s1. The van der Waals surface area contributed by atoms with Crippen molar-refractivity contribution >= 4 is 28.1 Å². The van der Waals surface area contributed by atoms with E-state index in [1.807, 2.05) is 37.3 Å². The van der Waals surface area contributed by atoms with E-state index in [-0.39, 0.29) is 4.88 Å². The third-order valence-electron chi connectivity index (χ3n) is 3.28. The van der Waals surface area contributed by atoms with Crippen molar-refractivity contribution in [3.63, 3.8) is 0 Å². The summed E-state index contributed by atoms with van der Waals surface area (Å²) in [5, 5.41) is 11.5. The van der Waals surface area contributed by atoms with Crippen LogP contribution in [0.1, 0.15) is 20.1 Å². The number of rotatable bonds is 4. The van der Waals surface area contributed by atoms with E-state index in [1.54, 1.807) is 6.07 Å². The third-order valence-corrected chi connectivity index (χ3v) is 4.30. The molecule has 0 aliphatic heterocycles. The number of carboxylic acid groups (broad SMARTS) is 1. The lowest BCUT2D eigenvalue weighted by atomic mass is 10.1.